The summed E-state index contributed by atoms with van der Waals surface area (Å²) in [6.45, 7) is 1.39. The predicted molar refractivity (Wildman–Crippen MR) is 135 cm³/mol. The molecule has 0 spiro atoms. The Bertz CT molecular complexity index is 1160. The average molecular weight is 514 g/mol. The van der Waals surface area contributed by atoms with Crippen LogP contribution in [0.3, 0.4) is 0 Å². The van der Waals surface area contributed by atoms with Crippen molar-refractivity contribution in [3.63, 3.8) is 0 Å². The lowest BCUT2D eigenvalue weighted by atomic mass is 9.77. The van der Waals surface area contributed by atoms with E-state index >= 15 is 0 Å². The molecule has 8 heteroatoms. The number of nitrogens with one attached hydrogen (secondary N) is 1. The summed E-state index contributed by atoms with van der Waals surface area (Å²) in [5.74, 6) is 0.284. The van der Waals surface area contributed by atoms with Crippen molar-refractivity contribution in [2.24, 2.45) is 0 Å². The molecule has 5 rings (SSSR count). The zero-order chi connectivity index (χ0) is 23.5. The Kier molecular flexibility index (Phi) is 6.97. The van der Waals surface area contributed by atoms with E-state index in [0.29, 0.717) is 23.1 Å². The number of amides is 1. The monoisotopic (exact) mass is 513 g/mol. The molecule has 34 heavy (non-hydrogen) atoms. The normalized spacial score (nSPS) is 23.5. The molecule has 2 unspecified atom stereocenters. The molecule has 2 fully saturated rings. The minimum Gasteiger partial charge on any atom is -0.490 e. The van der Waals surface area contributed by atoms with Gasteiger partial charge < -0.3 is 14.8 Å². The van der Waals surface area contributed by atoms with Gasteiger partial charge in [0, 0.05) is 24.2 Å². The van der Waals surface area contributed by atoms with Crippen LogP contribution in [0.1, 0.15) is 30.4 Å². The summed E-state index contributed by atoms with van der Waals surface area (Å²) < 4.78 is 11.7. The fourth-order valence-electron chi connectivity index (χ4n) is 4.45. The number of Topliss-reactive ketones (excluding diaryl/α,β-unsaturated/α-hetero) is 1. The molecular weight excluding hydrogens is 490 g/mol. The third-order valence-electron chi connectivity index (χ3n) is 6.20. The summed E-state index contributed by atoms with van der Waals surface area (Å²) in [6, 6.07) is 16.9. The highest BCUT2D eigenvalue weighted by molar-refractivity contribution is 8.01. The molecule has 0 saturated carbocycles. The fraction of sp³-hybridized carbons (Fsp3) is 0.308. The van der Waals surface area contributed by atoms with Gasteiger partial charge >= 0.3 is 0 Å². The number of ether oxygens (including phenoxy) is 2. The number of thiophene rings is 1. The first-order valence-corrected chi connectivity index (χ1v) is 13.4. The third kappa shape index (κ3) is 4.75. The van der Waals surface area contributed by atoms with E-state index in [0.717, 1.165) is 29.7 Å². The van der Waals surface area contributed by atoms with E-state index in [1.165, 1.54) is 23.1 Å². The van der Waals surface area contributed by atoms with Gasteiger partial charge in [-0.15, -0.1) is 11.8 Å². The minimum atomic E-state index is -0.944. The molecule has 3 aromatic rings. The molecular formula is C26H24ClNO4S2. The second-order valence-corrected chi connectivity index (χ2v) is 10.8. The maximum absolute atomic E-state index is 13.4. The first-order chi connectivity index (χ1) is 16.5. The Morgan fingerprint density at radius 3 is 2.62 bits per heavy atom. The number of rotatable bonds is 6. The quantitative estimate of drug-likeness (QED) is 0.444. The molecule has 2 aromatic carbocycles. The van der Waals surface area contributed by atoms with E-state index in [1.54, 1.807) is 6.07 Å². The van der Waals surface area contributed by atoms with Gasteiger partial charge in [-0.3, -0.25) is 9.59 Å². The van der Waals surface area contributed by atoms with Crippen molar-refractivity contribution in [1.29, 1.82) is 0 Å². The van der Waals surface area contributed by atoms with E-state index in [9.17, 15) is 9.59 Å². The summed E-state index contributed by atoms with van der Waals surface area (Å²) in [6.07, 6.45) is 1.94. The molecule has 176 valence electrons. The van der Waals surface area contributed by atoms with Crippen molar-refractivity contribution in [3.8, 4) is 5.75 Å². The van der Waals surface area contributed by atoms with Crippen molar-refractivity contribution in [3.05, 3.63) is 81.5 Å². The summed E-state index contributed by atoms with van der Waals surface area (Å²) in [5, 5.41) is 6.83. The lowest BCUT2D eigenvalue weighted by molar-refractivity contribution is -0.132. The summed E-state index contributed by atoms with van der Waals surface area (Å²) in [4.78, 5) is 27.5. The highest BCUT2D eigenvalue weighted by Crippen LogP contribution is 2.42. The first kappa shape index (κ1) is 23.4. The van der Waals surface area contributed by atoms with E-state index in [2.05, 4.69) is 5.32 Å². The Hall–Kier alpha value is -2.32. The number of benzene rings is 2. The number of thioether (sulfide) groups is 1. The number of halogens is 1. The summed E-state index contributed by atoms with van der Waals surface area (Å²) in [5.41, 5.74) is 0.780. The Morgan fingerprint density at radius 2 is 1.88 bits per heavy atom. The zero-order valence-corrected chi connectivity index (χ0v) is 20.8. The number of carbonyl (C=O) groups is 2. The van der Waals surface area contributed by atoms with E-state index in [1.807, 2.05) is 59.3 Å². The van der Waals surface area contributed by atoms with Gasteiger partial charge in [0.1, 0.15) is 17.1 Å². The van der Waals surface area contributed by atoms with Crippen LogP contribution in [-0.4, -0.2) is 36.3 Å². The highest BCUT2D eigenvalue weighted by atomic mass is 35.5. The van der Waals surface area contributed by atoms with E-state index in [4.69, 9.17) is 21.1 Å². The fourth-order valence-corrected chi connectivity index (χ4v) is 6.42. The molecule has 3 heterocycles. The second-order valence-electron chi connectivity index (χ2n) is 8.44. The molecule has 0 radical (unpaired) electrons. The SMILES string of the molecule is O=C1CC(c2ccsc2)(c2cccc(OC3CCOCC3)c2)NC(=O)C1Sc1ccccc1Cl. The van der Waals surface area contributed by atoms with Crippen molar-refractivity contribution < 1.29 is 19.1 Å². The first-order valence-electron chi connectivity index (χ1n) is 11.2. The Balaban J connectivity index is 1.45. The van der Waals surface area contributed by atoms with Gasteiger partial charge in [-0.25, -0.2) is 0 Å². The highest BCUT2D eigenvalue weighted by Gasteiger charge is 2.47. The number of piperidine rings is 1. The van der Waals surface area contributed by atoms with Crippen LogP contribution in [0.25, 0.3) is 0 Å². The second kappa shape index (κ2) is 10.1. The van der Waals surface area contributed by atoms with Gasteiger partial charge in [-0.05, 0) is 52.2 Å². The molecule has 1 amide bonds. The van der Waals surface area contributed by atoms with E-state index < -0.39 is 10.8 Å². The standard InChI is InChI=1S/C26H24ClNO4S2/c27-21-6-1-2-7-23(21)34-24-22(29)15-26(28-25(24)30,18-10-13-33-16-18)17-4-3-5-20(14-17)32-19-8-11-31-12-9-19/h1-7,10,13-14,16,19,24H,8-9,11-12,15H2,(H,28,30). The minimum absolute atomic E-state index is 0.0973. The Labute approximate surface area is 211 Å². The summed E-state index contributed by atoms with van der Waals surface area (Å²) in [7, 11) is 0. The molecule has 0 aliphatic carbocycles. The van der Waals surface area contributed by atoms with E-state index in [-0.39, 0.29) is 24.2 Å². The van der Waals surface area contributed by atoms with Gasteiger partial charge in [0.15, 0.2) is 5.78 Å². The molecule has 2 saturated heterocycles. The van der Waals surface area contributed by atoms with Crippen molar-refractivity contribution >= 4 is 46.4 Å². The molecule has 5 nitrogen and oxygen atoms in total. The summed E-state index contributed by atoms with van der Waals surface area (Å²) >= 11 is 9.02. The lowest BCUT2D eigenvalue weighted by Crippen LogP contribution is -2.57. The van der Waals surface area contributed by atoms with Crippen molar-refractivity contribution in [2.75, 3.05) is 13.2 Å². The van der Waals surface area contributed by atoms with Crippen LogP contribution in [0, 0.1) is 0 Å². The van der Waals surface area contributed by atoms with Crippen LogP contribution in [0.5, 0.6) is 5.75 Å². The van der Waals surface area contributed by atoms with Crippen LogP contribution < -0.4 is 10.1 Å². The largest absolute Gasteiger partial charge is 0.490 e. The van der Waals surface area contributed by atoms with Crippen LogP contribution >= 0.6 is 34.7 Å². The maximum atomic E-state index is 13.4. The van der Waals surface area contributed by atoms with Gasteiger partial charge in [-0.1, -0.05) is 35.9 Å². The zero-order valence-electron chi connectivity index (χ0n) is 18.4. The number of ketones is 1. The van der Waals surface area contributed by atoms with Crippen LogP contribution in [-0.2, 0) is 19.9 Å². The van der Waals surface area contributed by atoms with Gasteiger partial charge in [0.05, 0.1) is 23.8 Å². The van der Waals surface area contributed by atoms with Crippen LogP contribution in [0.2, 0.25) is 5.02 Å². The average Bonchev–Trinajstić information content (AvgIpc) is 3.39. The predicted octanol–water partition coefficient (Wildman–Crippen LogP) is 5.45. The Morgan fingerprint density at radius 1 is 1.06 bits per heavy atom. The number of hydrogen-bond acceptors (Lipinski definition) is 6. The van der Waals surface area contributed by atoms with Crippen molar-refractivity contribution in [1.82, 2.24) is 5.32 Å². The molecule has 2 aliphatic rings. The third-order valence-corrected chi connectivity index (χ3v) is 8.65. The molecule has 0 bridgehead atoms. The molecule has 2 atom stereocenters. The van der Waals surface area contributed by atoms with Crippen LogP contribution in [0.4, 0.5) is 0 Å². The van der Waals surface area contributed by atoms with Crippen molar-refractivity contribution in [2.45, 2.75) is 41.1 Å². The molecule has 1 aromatic heterocycles. The topological polar surface area (TPSA) is 64.6 Å². The number of carbonyl (C=O) groups excluding carboxylic acids is 2. The molecule has 1 N–H and O–H groups in total. The smallest absolute Gasteiger partial charge is 0.242 e. The maximum Gasteiger partial charge on any atom is 0.242 e. The lowest BCUT2D eigenvalue weighted by Gasteiger charge is -2.40. The number of hydrogen-bond donors (Lipinski definition) is 1. The van der Waals surface area contributed by atoms with Gasteiger partial charge in [0.2, 0.25) is 5.91 Å². The molecule has 2 aliphatic heterocycles. The van der Waals surface area contributed by atoms with Gasteiger partial charge in [-0.2, -0.15) is 11.3 Å². The van der Waals surface area contributed by atoms with Crippen LogP contribution in [0.15, 0.2) is 70.3 Å². The van der Waals surface area contributed by atoms with Gasteiger partial charge in [0.25, 0.3) is 0 Å².